The molecule has 0 heterocycles. The van der Waals surface area contributed by atoms with Crippen LogP contribution in [0.5, 0.6) is 0 Å². The Balaban J connectivity index is 2.01. The fourth-order valence-electron chi connectivity index (χ4n) is 6.49. The lowest BCUT2D eigenvalue weighted by Crippen LogP contribution is -2.45. The molecule has 362 valence electrons. The predicted molar refractivity (Wildman–Crippen MR) is 235 cm³/mol. The molecule has 63 heavy (non-hydrogen) atoms. The van der Waals surface area contributed by atoms with Gasteiger partial charge in [-0.3, -0.25) is 33.6 Å². The normalized spacial score (nSPS) is 15.1. The van der Waals surface area contributed by atoms with Crippen molar-refractivity contribution in [1.29, 1.82) is 0 Å². The first-order valence-electron chi connectivity index (χ1n) is 22.3. The Labute approximate surface area is 375 Å². The maximum absolute atomic E-state index is 12.9. The summed E-state index contributed by atoms with van der Waals surface area (Å²) in [6.07, 6.45) is 12.8. The summed E-state index contributed by atoms with van der Waals surface area (Å²) in [5.74, 6) is -3.07. The zero-order valence-electron chi connectivity index (χ0n) is 37.1. The van der Waals surface area contributed by atoms with E-state index in [2.05, 4.69) is 31.9 Å². The standard InChI is InChI=1S/C42H74N6O14S/c1-63-31-39(53)44-19-18-43-37(51)29-61-26-25-60-23-21-46-38(52)30-62-27-24-59-22-20-45-36(50)17-16-34(42(57)58)48-41(56)33-14-12-32(13-15-33)28-47-35(49)10-8-6-4-2-3-5-7-9-11-40(54)55/h32-34H,2-31H2,1H3,(H,43,51)(H,44,53)(H,45,50)(H,46,52)(H,47,49)(H,48,56)(H,54,55)(H,57,58)/t32?,33?,34-/m0/s1. The van der Waals surface area contributed by atoms with E-state index in [9.17, 15) is 43.5 Å². The number of carbonyl (C=O) groups excluding carboxylic acids is 6. The van der Waals surface area contributed by atoms with Gasteiger partial charge in [-0.15, -0.1) is 0 Å². The summed E-state index contributed by atoms with van der Waals surface area (Å²) >= 11 is 1.42. The second-order valence-electron chi connectivity index (χ2n) is 15.3. The Morgan fingerprint density at radius 3 is 1.56 bits per heavy atom. The lowest BCUT2D eigenvalue weighted by molar-refractivity contribution is -0.143. The Kier molecular flexibility index (Phi) is 34.7. The van der Waals surface area contributed by atoms with Crippen molar-refractivity contribution in [3.63, 3.8) is 0 Å². The average Bonchev–Trinajstić information content (AvgIpc) is 3.25. The second-order valence-corrected chi connectivity index (χ2v) is 16.2. The van der Waals surface area contributed by atoms with Crippen LogP contribution in [0.2, 0.25) is 0 Å². The molecule has 0 radical (unpaired) electrons. The van der Waals surface area contributed by atoms with Crippen LogP contribution >= 0.6 is 11.8 Å². The number of thioether (sulfide) groups is 1. The van der Waals surface area contributed by atoms with E-state index in [0.717, 1.165) is 64.2 Å². The monoisotopic (exact) mass is 918 g/mol. The van der Waals surface area contributed by atoms with Crippen molar-refractivity contribution in [1.82, 2.24) is 31.9 Å². The van der Waals surface area contributed by atoms with Gasteiger partial charge < -0.3 is 61.1 Å². The summed E-state index contributed by atoms with van der Waals surface area (Å²) in [5, 5.41) is 34.5. The molecule has 1 rings (SSSR count). The molecule has 0 unspecified atom stereocenters. The highest BCUT2D eigenvalue weighted by atomic mass is 32.2. The van der Waals surface area contributed by atoms with Crippen molar-refractivity contribution < 1.29 is 67.5 Å². The number of carbonyl (C=O) groups is 8. The van der Waals surface area contributed by atoms with Gasteiger partial charge in [0.25, 0.3) is 0 Å². The molecule has 8 N–H and O–H groups in total. The molecule has 0 spiro atoms. The van der Waals surface area contributed by atoms with E-state index in [1.807, 2.05) is 6.26 Å². The second kappa shape index (κ2) is 38.4. The van der Waals surface area contributed by atoms with Gasteiger partial charge in [0.15, 0.2) is 0 Å². The highest BCUT2D eigenvalue weighted by Gasteiger charge is 2.30. The molecule has 21 heteroatoms. The van der Waals surface area contributed by atoms with Crippen molar-refractivity contribution in [3.05, 3.63) is 0 Å². The number of aliphatic carboxylic acids is 2. The molecule has 1 aliphatic rings. The molecule has 20 nitrogen and oxygen atoms in total. The third kappa shape index (κ3) is 34.1. The minimum absolute atomic E-state index is 0.0266. The maximum atomic E-state index is 12.9. The van der Waals surface area contributed by atoms with Gasteiger partial charge in [0.2, 0.25) is 35.4 Å². The van der Waals surface area contributed by atoms with Gasteiger partial charge in [0, 0.05) is 57.9 Å². The molecule has 6 amide bonds. The predicted octanol–water partition coefficient (Wildman–Crippen LogP) is 1.14. The zero-order valence-corrected chi connectivity index (χ0v) is 38.0. The number of carboxylic acids is 2. The number of ether oxygens (including phenoxy) is 4. The van der Waals surface area contributed by atoms with Crippen molar-refractivity contribution in [3.8, 4) is 0 Å². The molecule has 0 aromatic rings. The Bertz CT molecular complexity index is 1340. The fraction of sp³-hybridized carbons (Fsp3) is 0.810. The van der Waals surface area contributed by atoms with Gasteiger partial charge in [-0.1, -0.05) is 38.5 Å². The molecule has 0 bridgehead atoms. The number of unbranched alkanes of at least 4 members (excludes halogenated alkanes) is 7. The van der Waals surface area contributed by atoms with E-state index in [4.69, 9.17) is 24.1 Å². The number of amides is 6. The van der Waals surface area contributed by atoms with Crippen LogP contribution in [0.15, 0.2) is 0 Å². The fourth-order valence-corrected chi connectivity index (χ4v) is 6.86. The molecular formula is C42H74N6O14S. The third-order valence-corrected chi connectivity index (χ3v) is 10.6. The summed E-state index contributed by atoms with van der Waals surface area (Å²) in [7, 11) is 0. The third-order valence-electron chi connectivity index (χ3n) is 10.0. The van der Waals surface area contributed by atoms with Gasteiger partial charge in [-0.2, -0.15) is 11.8 Å². The Morgan fingerprint density at radius 2 is 1.02 bits per heavy atom. The largest absolute Gasteiger partial charge is 0.481 e. The van der Waals surface area contributed by atoms with Crippen molar-refractivity contribution in [2.24, 2.45) is 11.8 Å². The molecule has 1 atom stereocenters. The van der Waals surface area contributed by atoms with E-state index in [-0.39, 0.29) is 132 Å². The van der Waals surface area contributed by atoms with Gasteiger partial charge in [-0.25, -0.2) is 4.79 Å². The molecule has 0 aromatic heterocycles. The molecule has 1 aliphatic carbocycles. The summed E-state index contributed by atoms with van der Waals surface area (Å²) in [4.78, 5) is 94.9. The topological polar surface area (TPSA) is 286 Å². The number of hydrogen-bond donors (Lipinski definition) is 8. The summed E-state index contributed by atoms with van der Waals surface area (Å²) in [6, 6.07) is -1.20. The summed E-state index contributed by atoms with van der Waals surface area (Å²) < 4.78 is 21.3. The summed E-state index contributed by atoms with van der Waals surface area (Å²) in [6.45, 7) is 2.54. The zero-order chi connectivity index (χ0) is 46.3. The van der Waals surface area contributed by atoms with Crippen LogP contribution in [0.1, 0.15) is 103 Å². The Morgan fingerprint density at radius 1 is 0.540 bits per heavy atom. The molecule has 0 saturated heterocycles. The maximum Gasteiger partial charge on any atom is 0.326 e. The van der Waals surface area contributed by atoms with Crippen molar-refractivity contribution in [2.75, 3.05) is 97.6 Å². The van der Waals surface area contributed by atoms with Gasteiger partial charge >= 0.3 is 11.9 Å². The van der Waals surface area contributed by atoms with E-state index < -0.39 is 18.0 Å². The van der Waals surface area contributed by atoms with Gasteiger partial charge in [0.1, 0.15) is 19.3 Å². The number of carboxylic acid groups (broad SMARTS) is 2. The molecular weight excluding hydrogens is 845 g/mol. The quantitative estimate of drug-likeness (QED) is 0.0400. The first-order chi connectivity index (χ1) is 30.4. The minimum atomic E-state index is -1.21. The van der Waals surface area contributed by atoms with Gasteiger partial charge in [0.05, 0.1) is 45.4 Å². The van der Waals surface area contributed by atoms with Crippen LogP contribution in [-0.4, -0.2) is 161 Å². The Hall–Kier alpha value is -4.05. The molecule has 1 fully saturated rings. The first kappa shape index (κ1) is 57.0. The van der Waals surface area contributed by atoms with Crippen molar-refractivity contribution >= 4 is 59.1 Å². The van der Waals surface area contributed by atoms with Gasteiger partial charge in [-0.05, 0) is 57.1 Å². The van der Waals surface area contributed by atoms with E-state index >= 15 is 0 Å². The lowest BCUT2D eigenvalue weighted by atomic mass is 9.81. The lowest BCUT2D eigenvalue weighted by Gasteiger charge is -2.28. The van der Waals surface area contributed by atoms with Crippen LogP contribution in [0.4, 0.5) is 0 Å². The van der Waals surface area contributed by atoms with Crippen LogP contribution < -0.4 is 31.9 Å². The number of nitrogens with one attached hydrogen (secondary N) is 6. The molecule has 0 aromatic carbocycles. The highest BCUT2D eigenvalue weighted by Crippen LogP contribution is 2.29. The minimum Gasteiger partial charge on any atom is -0.481 e. The van der Waals surface area contributed by atoms with Crippen molar-refractivity contribution in [2.45, 2.75) is 109 Å². The van der Waals surface area contributed by atoms with Crippen LogP contribution in [0, 0.1) is 11.8 Å². The molecule has 1 saturated carbocycles. The van der Waals surface area contributed by atoms with E-state index in [1.165, 1.54) is 11.8 Å². The summed E-state index contributed by atoms with van der Waals surface area (Å²) in [5.41, 5.74) is 0. The van der Waals surface area contributed by atoms with Crippen LogP contribution in [0.3, 0.4) is 0 Å². The van der Waals surface area contributed by atoms with E-state index in [1.54, 1.807) is 0 Å². The highest BCUT2D eigenvalue weighted by molar-refractivity contribution is 7.99. The average molecular weight is 919 g/mol. The molecule has 0 aliphatic heterocycles. The van der Waals surface area contributed by atoms with Crippen LogP contribution in [0.25, 0.3) is 0 Å². The smallest absolute Gasteiger partial charge is 0.326 e. The SMILES string of the molecule is CSCC(=O)NCCNC(=O)COCCOCCNC(=O)COCCOCCNC(=O)CC[C@H](NC(=O)C1CCC(CNC(=O)CCCCCCCCCCC(=O)O)CC1)C(=O)O. The number of rotatable bonds is 40. The van der Waals surface area contributed by atoms with E-state index in [0.29, 0.717) is 44.6 Å². The van der Waals surface area contributed by atoms with Crippen LogP contribution in [-0.2, 0) is 57.3 Å². The number of hydrogen-bond acceptors (Lipinski definition) is 13. The first-order valence-corrected chi connectivity index (χ1v) is 23.7.